The van der Waals surface area contributed by atoms with E-state index in [0.29, 0.717) is 17.7 Å². The van der Waals surface area contributed by atoms with Gasteiger partial charge >= 0.3 is 5.97 Å². The van der Waals surface area contributed by atoms with Crippen LogP contribution < -0.4 is 11.1 Å². The minimum Gasteiger partial charge on any atom is -0.461 e. The van der Waals surface area contributed by atoms with E-state index in [1.807, 2.05) is 6.07 Å². The number of aromatic nitrogens is 1. The molecular weight excluding hydrogens is 373 g/mol. The van der Waals surface area contributed by atoms with Crippen LogP contribution in [0.4, 0.5) is 15.8 Å². The predicted octanol–water partition coefficient (Wildman–Crippen LogP) is 3.73. The van der Waals surface area contributed by atoms with E-state index in [2.05, 4.69) is 10.3 Å². The number of nitrogens with two attached hydrogens (primary N) is 1. The molecule has 0 aliphatic carbocycles. The highest BCUT2D eigenvalue weighted by atomic mass is 19.1. The van der Waals surface area contributed by atoms with Gasteiger partial charge in [0.15, 0.2) is 0 Å². The molecule has 0 aliphatic rings. The molecule has 0 unspecified atom stereocenters. The van der Waals surface area contributed by atoms with Crippen LogP contribution in [-0.4, -0.2) is 16.9 Å². The second-order valence-electron chi connectivity index (χ2n) is 6.40. The third-order valence-corrected chi connectivity index (χ3v) is 4.22. The number of pyridine rings is 1. The fourth-order valence-electron chi connectivity index (χ4n) is 2.63. The summed E-state index contributed by atoms with van der Waals surface area (Å²) in [4.78, 5) is 28.2. The zero-order valence-electron chi connectivity index (χ0n) is 15.6. The summed E-state index contributed by atoms with van der Waals surface area (Å²) in [5, 5.41) is 2.65. The molecule has 29 heavy (non-hydrogen) atoms. The number of amides is 1. The number of hydrogen-bond donors (Lipinski definition) is 2. The maximum absolute atomic E-state index is 13.1. The fourth-order valence-corrected chi connectivity index (χ4v) is 2.63. The van der Waals surface area contributed by atoms with E-state index in [0.717, 1.165) is 17.2 Å². The van der Waals surface area contributed by atoms with Crippen molar-refractivity contribution in [2.24, 2.45) is 0 Å². The average Bonchev–Trinajstić information content (AvgIpc) is 2.74. The number of benzene rings is 2. The molecule has 0 bridgehead atoms. The Balaban J connectivity index is 1.49. The lowest BCUT2D eigenvalue weighted by Crippen LogP contribution is -2.13. The maximum atomic E-state index is 13.1. The summed E-state index contributed by atoms with van der Waals surface area (Å²) in [5.41, 5.74) is 8.36. The Labute approximate surface area is 167 Å². The number of halogens is 1. The number of anilines is 2. The lowest BCUT2D eigenvalue weighted by atomic mass is 10.1. The summed E-state index contributed by atoms with van der Waals surface area (Å²) in [6.45, 7) is 0.193. The average molecular weight is 393 g/mol. The van der Waals surface area contributed by atoms with Crippen LogP contribution in [0.5, 0.6) is 0 Å². The van der Waals surface area contributed by atoms with Crippen molar-refractivity contribution in [3.8, 4) is 0 Å². The number of hydrogen-bond acceptors (Lipinski definition) is 5. The van der Waals surface area contributed by atoms with E-state index in [9.17, 15) is 14.0 Å². The van der Waals surface area contributed by atoms with E-state index in [4.69, 9.17) is 10.5 Å². The van der Waals surface area contributed by atoms with E-state index in [1.54, 1.807) is 42.7 Å². The molecule has 3 rings (SSSR count). The number of esters is 1. The molecule has 3 N–H and O–H groups in total. The van der Waals surface area contributed by atoms with Crippen molar-refractivity contribution in [3.05, 3.63) is 89.5 Å². The number of aryl methyl sites for hydroxylation is 1. The molecule has 148 valence electrons. The Morgan fingerprint density at radius 2 is 1.86 bits per heavy atom. The molecule has 1 heterocycles. The Morgan fingerprint density at radius 3 is 2.55 bits per heavy atom. The highest BCUT2D eigenvalue weighted by Crippen LogP contribution is 2.20. The van der Waals surface area contributed by atoms with E-state index in [-0.39, 0.29) is 30.6 Å². The summed E-state index contributed by atoms with van der Waals surface area (Å²) in [5.74, 6) is -1.13. The molecule has 6 nitrogen and oxygen atoms in total. The number of rotatable bonds is 7. The Bertz CT molecular complexity index is 992. The molecule has 0 spiro atoms. The number of ether oxygens (including phenoxy) is 1. The summed E-state index contributed by atoms with van der Waals surface area (Å²) in [6, 6.07) is 14.3. The second-order valence-corrected chi connectivity index (χ2v) is 6.40. The quantitative estimate of drug-likeness (QED) is 0.471. The summed E-state index contributed by atoms with van der Waals surface area (Å²) in [6.07, 6.45) is 4.04. The molecule has 3 aromatic rings. The fraction of sp³-hybridized carbons (Fsp3) is 0.136. The molecule has 1 amide bonds. The molecule has 1 aromatic heterocycles. The van der Waals surface area contributed by atoms with Crippen LogP contribution in [-0.2, 0) is 22.6 Å². The van der Waals surface area contributed by atoms with Crippen LogP contribution in [0.1, 0.15) is 27.9 Å². The zero-order chi connectivity index (χ0) is 20.6. The summed E-state index contributed by atoms with van der Waals surface area (Å²) >= 11 is 0. The van der Waals surface area contributed by atoms with Crippen molar-refractivity contribution < 1.29 is 18.7 Å². The molecule has 2 aromatic carbocycles. The number of carbonyl (C=O) groups is 2. The number of nitrogens with zero attached hydrogens (tertiary/aromatic N) is 1. The first-order valence-corrected chi connectivity index (χ1v) is 9.01. The summed E-state index contributed by atoms with van der Waals surface area (Å²) in [7, 11) is 0. The highest BCUT2D eigenvalue weighted by Gasteiger charge is 2.10. The van der Waals surface area contributed by atoms with Crippen molar-refractivity contribution in [2.75, 3.05) is 11.1 Å². The van der Waals surface area contributed by atoms with Gasteiger partial charge < -0.3 is 15.8 Å². The van der Waals surface area contributed by atoms with Crippen molar-refractivity contribution in [3.63, 3.8) is 0 Å². The van der Waals surface area contributed by atoms with Crippen molar-refractivity contribution in [1.29, 1.82) is 0 Å². The van der Waals surface area contributed by atoms with Gasteiger partial charge in [-0.15, -0.1) is 0 Å². The third-order valence-electron chi connectivity index (χ3n) is 4.22. The van der Waals surface area contributed by atoms with Crippen molar-refractivity contribution in [1.82, 2.24) is 4.98 Å². The monoisotopic (exact) mass is 393 g/mol. The Hall–Kier alpha value is -3.74. The first-order valence-electron chi connectivity index (χ1n) is 9.01. The lowest BCUT2D eigenvalue weighted by molar-refractivity contribution is -0.144. The normalized spacial score (nSPS) is 10.4. The SMILES string of the molecule is Nc1cc(F)ccc1NC(=O)c1ccc(CCC(=O)OCc2cccnc2)cc1. The number of carbonyl (C=O) groups excluding carboxylic acids is 2. The standard InChI is InChI=1S/C22H20FN3O3/c23-18-8-9-20(19(24)12-18)26-22(28)17-6-3-15(4-7-17)5-10-21(27)29-14-16-2-1-11-25-13-16/h1-4,6-9,11-13H,5,10,14,24H2,(H,26,28). The molecule has 0 fully saturated rings. The molecular formula is C22H20FN3O3. The van der Waals surface area contributed by atoms with Gasteiger partial charge in [0.2, 0.25) is 0 Å². The van der Waals surface area contributed by atoms with Gasteiger partial charge in [0.25, 0.3) is 5.91 Å². The van der Waals surface area contributed by atoms with Gasteiger partial charge in [0.1, 0.15) is 12.4 Å². The van der Waals surface area contributed by atoms with Crippen LogP contribution in [0, 0.1) is 5.82 Å². The Kier molecular flexibility index (Phi) is 6.52. The highest BCUT2D eigenvalue weighted by molar-refractivity contribution is 6.05. The molecule has 0 radical (unpaired) electrons. The van der Waals surface area contributed by atoms with Gasteiger partial charge in [-0.25, -0.2) is 4.39 Å². The van der Waals surface area contributed by atoms with Crippen LogP contribution in [0.2, 0.25) is 0 Å². The number of nitrogen functional groups attached to an aromatic ring is 1. The molecule has 0 saturated carbocycles. The third kappa shape index (κ3) is 5.87. The predicted molar refractivity (Wildman–Crippen MR) is 108 cm³/mol. The smallest absolute Gasteiger partial charge is 0.306 e. The van der Waals surface area contributed by atoms with E-state index in [1.165, 1.54) is 12.1 Å². The topological polar surface area (TPSA) is 94.3 Å². The minimum atomic E-state index is -0.469. The van der Waals surface area contributed by atoms with Crippen LogP contribution in [0.25, 0.3) is 0 Å². The van der Waals surface area contributed by atoms with Gasteiger partial charge in [-0.2, -0.15) is 0 Å². The van der Waals surface area contributed by atoms with Crippen LogP contribution in [0.3, 0.4) is 0 Å². The van der Waals surface area contributed by atoms with Gasteiger partial charge in [0.05, 0.1) is 11.4 Å². The van der Waals surface area contributed by atoms with E-state index >= 15 is 0 Å². The van der Waals surface area contributed by atoms with Crippen molar-refractivity contribution in [2.45, 2.75) is 19.4 Å². The van der Waals surface area contributed by atoms with Crippen molar-refractivity contribution >= 4 is 23.3 Å². The van der Waals surface area contributed by atoms with Gasteiger partial charge in [-0.05, 0) is 48.4 Å². The number of nitrogens with one attached hydrogen (secondary N) is 1. The van der Waals surface area contributed by atoms with Crippen LogP contribution in [0.15, 0.2) is 67.0 Å². The molecule has 0 atom stereocenters. The maximum Gasteiger partial charge on any atom is 0.306 e. The summed E-state index contributed by atoms with van der Waals surface area (Å²) < 4.78 is 18.3. The van der Waals surface area contributed by atoms with Gasteiger partial charge in [0, 0.05) is 29.9 Å². The second kappa shape index (κ2) is 9.45. The molecule has 7 heteroatoms. The molecule has 0 aliphatic heterocycles. The zero-order valence-corrected chi connectivity index (χ0v) is 15.6. The lowest BCUT2D eigenvalue weighted by Gasteiger charge is -2.09. The Morgan fingerprint density at radius 1 is 1.07 bits per heavy atom. The van der Waals surface area contributed by atoms with Gasteiger partial charge in [-0.3, -0.25) is 14.6 Å². The first kappa shape index (κ1) is 20.0. The van der Waals surface area contributed by atoms with Gasteiger partial charge in [-0.1, -0.05) is 18.2 Å². The first-order chi connectivity index (χ1) is 14.0. The van der Waals surface area contributed by atoms with Crippen LogP contribution >= 0.6 is 0 Å². The van der Waals surface area contributed by atoms with E-state index < -0.39 is 5.82 Å². The minimum absolute atomic E-state index is 0.153. The molecule has 0 saturated heterocycles. The largest absolute Gasteiger partial charge is 0.461 e.